The summed E-state index contributed by atoms with van der Waals surface area (Å²) in [6, 6.07) is 13.9. The van der Waals surface area contributed by atoms with Crippen LogP contribution in [0.3, 0.4) is 0 Å². The van der Waals surface area contributed by atoms with Crippen molar-refractivity contribution in [3.05, 3.63) is 100 Å². The van der Waals surface area contributed by atoms with Gasteiger partial charge in [-0.2, -0.15) is 13.2 Å². The van der Waals surface area contributed by atoms with Gasteiger partial charge in [-0.1, -0.05) is 24.3 Å². The van der Waals surface area contributed by atoms with Gasteiger partial charge in [-0.3, -0.25) is 19.2 Å². The molecule has 0 unspecified atom stereocenters. The summed E-state index contributed by atoms with van der Waals surface area (Å²) >= 11 is 8.40. The topological polar surface area (TPSA) is 311 Å². The van der Waals surface area contributed by atoms with Crippen molar-refractivity contribution >= 4 is 102 Å². The second kappa shape index (κ2) is 26.9. The number of alkyl halides is 3. The second-order valence-corrected chi connectivity index (χ2v) is 18.1. The van der Waals surface area contributed by atoms with Crippen LogP contribution in [-0.2, 0) is 41.7 Å². The Morgan fingerprint density at radius 1 is 0.676 bits per heavy atom. The van der Waals surface area contributed by atoms with Crippen molar-refractivity contribution in [1.29, 1.82) is 0 Å². The maximum atomic E-state index is 12.8. The summed E-state index contributed by atoms with van der Waals surface area (Å²) in [6.45, 7) is 5.12. The number of methoxy groups -OCH3 is 2. The highest BCUT2D eigenvalue weighted by atomic mass is 79.9. The van der Waals surface area contributed by atoms with E-state index in [0.717, 1.165) is 35.3 Å². The van der Waals surface area contributed by atoms with Crippen molar-refractivity contribution < 1.29 is 81.1 Å². The standard InChI is InChI=1S/C22H26BrN3O7S.C17H18BrN3O5S.C2HF3O2/c1-22(2,3)33-21(31)25-11-15(20(30)32-4)26-19(29)17-14(23)9-16(34-17)18(28)24-10-12-6-5-7-13(27)8-12;1-26-17(25)12(7-19)21-16(24)14-11(18)6-13(27-14)15(23)20-8-9-3-2-4-10(22)5-9;3-2(4,5)1(6)7/h5-9,15,27H,10-11H2,1-4H3,(H,24,28)(H,25,31)(H,26,29);2-6,12,22H,7-8,19H2,1H3,(H,20,23)(H,21,24);(H,6,7)/t15-;12-;/m00./s1. The van der Waals surface area contributed by atoms with Crippen LogP contribution < -0.4 is 32.3 Å². The van der Waals surface area contributed by atoms with Gasteiger partial charge in [-0.15, -0.1) is 22.7 Å². The second-order valence-electron chi connectivity index (χ2n) is 14.3. The summed E-state index contributed by atoms with van der Waals surface area (Å²) < 4.78 is 46.9. The molecule has 0 aliphatic carbocycles. The van der Waals surface area contributed by atoms with Gasteiger partial charge in [0.15, 0.2) is 0 Å². The zero-order valence-electron chi connectivity index (χ0n) is 36.4. The highest BCUT2D eigenvalue weighted by Crippen LogP contribution is 2.29. The number of aromatic hydroxyl groups is 2. The highest BCUT2D eigenvalue weighted by Gasteiger charge is 2.38. The molecule has 4 aromatic rings. The molecule has 4 rings (SSSR count). The molecular formula is C41H45Br2F3N6O14S2. The van der Waals surface area contributed by atoms with E-state index in [-0.39, 0.29) is 58.2 Å². The molecule has 2 aromatic carbocycles. The minimum atomic E-state index is -5.08. The van der Waals surface area contributed by atoms with Gasteiger partial charge in [0.25, 0.3) is 23.6 Å². The van der Waals surface area contributed by atoms with Gasteiger partial charge in [-0.25, -0.2) is 19.2 Å². The molecule has 0 saturated carbocycles. The average molecular weight is 1130 g/mol. The fourth-order valence-corrected chi connectivity index (χ4v) is 8.13. The minimum absolute atomic E-state index is 0.0888. The number of hydrogen-bond acceptors (Lipinski definition) is 16. The Bertz CT molecular complexity index is 2450. The van der Waals surface area contributed by atoms with Crippen LogP contribution in [0.4, 0.5) is 18.0 Å². The molecule has 0 aliphatic rings. The smallest absolute Gasteiger partial charge is 0.490 e. The number of rotatable bonds is 15. The Labute approximate surface area is 410 Å². The molecule has 20 nitrogen and oxygen atoms in total. The van der Waals surface area contributed by atoms with Crippen LogP contribution in [0, 0.1) is 0 Å². The van der Waals surface area contributed by atoms with Crippen molar-refractivity contribution in [1.82, 2.24) is 26.6 Å². The SMILES string of the molecule is COC(=O)[C@H](CN)NC(=O)c1sc(C(=O)NCc2cccc(O)c2)cc1Br.COC(=O)[C@H](CNC(=O)OC(C)(C)C)NC(=O)c1sc(C(=O)NCc2cccc(O)c2)cc1Br.O=C(O)C(F)(F)F. The van der Waals surface area contributed by atoms with Crippen molar-refractivity contribution in [2.75, 3.05) is 27.3 Å². The summed E-state index contributed by atoms with van der Waals surface area (Å²) in [7, 11) is 2.36. The van der Waals surface area contributed by atoms with Gasteiger partial charge >= 0.3 is 30.2 Å². The fraction of sp³-hybridized carbons (Fsp3) is 0.317. The number of benzene rings is 2. The largest absolute Gasteiger partial charge is 0.508 e. The maximum Gasteiger partial charge on any atom is 0.490 e. The molecule has 2 atom stereocenters. The monoisotopic (exact) mass is 1120 g/mol. The van der Waals surface area contributed by atoms with Crippen LogP contribution in [0.2, 0.25) is 0 Å². The molecule has 0 fully saturated rings. The first-order valence-electron chi connectivity index (χ1n) is 19.1. The van der Waals surface area contributed by atoms with Gasteiger partial charge in [-0.05, 0) is 100 Å². The summed E-state index contributed by atoms with van der Waals surface area (Å²) in [6.07, 6.45) is -5.83. The number of thiophene rings is 2. The fourth-order valence-electron chi connectivity index (χ4n) is 4.78. The number of amides is 5. The number of carboxylic acid groups (broad SMARTS) is 1. The summed E-state index contributed by atoms with van der Waals surface area (Å²) in [5.41, 5.74) is 6.18. The van der Waals surface area contributed by atoms with E-state index in [1.807, 2.05) is 0 Å². The molecular weight excluding hydrogens is 1080 g/mol. The Hall–Kier alpha value is -6.29. The van der Waals surface area contributed by atoms with E-state index in [9.17, 15) is 56.9 Å². The Balaban J connectivity index is 0.000000416. The van der Waals surface area contributed by atoms with E-state index in [0.29, 0.717) is 19.4 Å². The van der Waals surface area contributed by atoms with Crippen molar-refractivity contribution in [2.24, 2.45) is 5.73 Å². The number of carbonyl (C=O) groups is 8. The molecule has 10 N–H and O–H groups in total. The van der Waals surface area contributed by atoms with Crippen LogP contribution in [0.15, 0.2) is 69.6 Å². The molecule has 2 aromatic heterocycles. The van der Waals surface area contributed by atoms with E-state index in [4.69, 9.17) is 25.1 Å². The molecule has 5 amide bonds. The van der Waals surface area contributed by atoms with Crippen LogP contribution in [0.25, 0.3) is 0 Å². The molecule has 370 valence electrons. The summed E-state index contributed by atoms with van der Waals surface area (Å²) in [5, 5.41) is 38.9. The lowest BCUT2D eigenvalue weighted by Gasteiger charge is -2.21. The average Bonchev–Trinajstić information content (AvgIpc) is 3.86. The van der Waals surface area contributed by atoms with E-state index in [2.05, 4.69) is 63.2 Å². The van der Waals surface area contributed by atoms with Crippen molar-refractivity contribution in [3.63, 3.8) is 0 Å². The maximum absolute atomic E-state index is 12.8. The van der Waals surface area contributed by atoms with Crippen molar-refractivity contribution in [2.45, 2.75) is 57.7 Å². The first-order valence-corrected chi connectivity index (χ1v) is 22.4. The number of halogens is 5. The lowest BCUT2D eigenvalue weighted by atomic mass is 10.2. The lowest BCUT2D eigenvalue weighted by molar-refractivity contribution is -0.192. The number of phenols is 2. The molecule has 68 heavy (non-hydrogen) atoms. The quantitative estimate of drug-likeness (QED) is 0.0562. The number of alkyl carbamates (subject to hydrolysis) is 1. The Kier molecular flexibility index (Phi) is 22.9. The van der Waals surface area contributed by atoms with Gasteiger partial charge < -0.3 is 61.8 Å². The minimum Gasteiger partial charge on any atom is -0.508 e. The lowest BCUT2D eigenvalue weighted by Crippen LogP contribution is -2.49. The molecule has 2 heterocycles. The molecule has 0 aliphatic heterocycles. The van der Waals surface area contributed by atoms with E-state index < -0.39 is 65.6 Å². The molecule has 0 spiro atoms. The predicted molar refractivity (Wildman–Crippen MR) is 246 cm³/mol. The number of carboxylic acids is 1. The third-order valence-electron chi connectivity index (χ3n) is 7.87. The van der Waals surface area contributed by atoms with Gasteiger partial charge in [0.2, 0.25) is 0 Å². The summed E-state index contributed by atoms with van der Waals surface area (Å²) in [4.78, 5) is 95.4. The van der Waals surface area contributed by atoms with Gasteiger partial charge in [0, 0.05) is 28.6 Å². The van der Waals surface area contributed by atoms with Gasteiger partial charge in [0.05, 0.1) is 30.5 Å². The normalized spacial score (nSPS) is 11.6. The third kappa shape index (κ3) is 19.9. The Morgan fingerprint density at radius 3 is 1.43 bits per heavy atom. The number of nitrogens with two attached hydrogens (primary N) is 1. The third-order valence-corrected chi connectivity index (χ3v) is 11.9. The number of esters is 2. The number of hydrogen-bond donors (Lipinski definition) is 9. The molecule has 0 radical (unpaired) electrons. The Morgan fingerprint density at radius 2 is 1.07 bits per heavy atom. The van der Waals surface area contributed by atoms with E-state index in [1.165, 1.54) is 37.4 Å². The first kappa shape index (κ1) is 57.8. The molecule has 0 bridgehead atoms. The number of carbonyl (C=O) groups excluding carboxylic acids is 7. The number of ether oxygens (including phenoxy) is 3. The van der Waals surface area contributed by atoms with E-state index in [1.54, 1.807) is 51.1 Å². The number of phenolic OH excluding ortho intramolecular Hbond substituents is 2. The van der Waals surface area contributed by atoms with Crippen LogP contribution in [0.5, 0.6) is 11.5 Å². The summed E-state index contributed by atoms with van der Waals surface area (Å²) in [5.74, 6) is -5.93. The molecule has 27 heteroatoms. The molecule has 0 saturated heterocycles. The first-order chi connectivity index (χ1) is 31.7. The highest BCUT2D eigenvalue weighted by molar-refractivity contribution is 9.11. The predicted octanol–water partition coefficient (Wildman–Crippen LogP) is 4.95. The number of nitrogens with one attached hydrogen (secondary N) is 5. The van der Waals surface area contributed by atoms with Gasteiger partial charge in [0.1, 0.15) is 38.9 Å². The number of aliphatic carboxylic acids is 1. The van der Waals surface area contributed by atoms with Crippen molar-refractivity contribution in [3.8, 4) is 11.5 Å². The zero-order chi connectivity index (χ0) is 51.5. The van der Waals surface area contributed by atoms with Crippen LogP contribution in [-0.4, -0.2) is 114 Å². The van der Waals surface area contributed by atoms with E-state index >= 15 is 0 Å². The van der Waals surface area contributed by atoms with Crippen LogP contribution in [0.1, 0.15) is 70.6 Å². The van der Waals surface area contributed by atoms with Crippen LogP contribution >= 0.6 is 54.5 Å². The zero-order valence-corrected chi connectivity index (χ0v) is 41.2.